The van der Waals surface area contributed by atoms with Gasteiger partial charge in [-0.2, -0.15) is 0 Å². The first-order chi connectivity index (χ1) is 12.3. The number of carbonyl (C=O) groups excluding carboxylic acids is 1. The van der Waals surface area contributed by atoms with Crippen LogP contribution in [0.15, 0.2) is 24.5 Å². The van der Waals surface area contributed by atoms with Crippen molar-refractivity contribution in [2.24, 2.45) is 5.92 Å². The molecule has 2 aromatic rings. The summed E-state index contributed by atoms with van der Waals surface area (Å²) in [6.07, 6.45) is 5.24. The minimum Gasteiger partial charge on any atom is -0.444 e. The fourth-order valence-electron chi connectivity index (χ4n) is 3.24. The first kappa shape index (κ1) is 18.4. The third-order valence-corrected chi connectivity index (χ3v) is 4.40. The van der Waals surface area contributed by atoms with Gasteiger partial charge in [-0.15, -0.1) is 0 Å². The molecule has 1 amide bonds. The standard InChI is InChI=1S/C19H27N5O2/c1-19(2,3)26-18(25)23(4)12-14-6-5-11-24(13-14)16-8-7-15-17(22-16)21-10-9-20-15/h7-10,14H,5-6,11-13H2,1-4H3. The van der Waals surface area contributed by atoms with E-state index in [1.807, 2.05) is 32.9 Å². The molecule has 7 heteroatoms. The number of ether oxygens (including phenoxy) is 1. The highest BCUT2D eigenvalue weighted by Crippen LogP contribution is 2.24. The third kappa shape index (κ3) is 4.59. The Morgan fingerprint density at radius 1 is 1.31 bits per heavy atom. The monoisotopic (exact) mass is 357 g/mol. The predicted octanol–water partition coefficient (Wildman–Crippen LogP) is 3.11. The van der Waals surface area contributed by atoms with Gasteiger partial charge in [-0.25, -0.2) is 14.8 Å². The molecule has 1 unspecified atom stereocenters. The number of piperidine rings is 1. The van der Waals surface area contributed by atoms with Crippen LogP contribution in [0.2, 0.25) is 0 Å². The summed E-state index contributed by atoms with van der Waals surface area (Å²) in [5, 5.41) is 0. The predicted molar refractivity (Wildman–Crippen MR) is 101 cm³/mol. The summed E-state index contributed by atoms with van der Waals surface area (Å²) in [7, 11) is 1.80. The summed E-state index contributed by atoms with van der Waals surface area (Å²) in [5.41, 5.74) is 0.993. The second kappa shape index (κ2) is 7.43. The topological polar surface area (TPSA) is 71.5 Å². The zero-order chi connectivity index (χ0) is 18.7. The van der Waals surface area contributed by atoms with Crippen molar-refractivity contribution < 1.29 is 9.53 Å². The first-order valence-corrected chi connectivity index (χ1v) is 9.09. The molecule has 0 aromatic carbocycles. The molecule has 0 aliphatic carbocycles. The Kier molecular flexibility index (Phi) is 5.25. The SMILES string of the molecule is CN(CC1CCCN(c2ccc3nccnc3n2)C1)C(=O)OC(C)(C)C. The highest BCUT2D eigenvalue weighted by Gasteiger charge is 2.26. The van der Waals surface area contributed by atoms with Crippen molar-refractivity contribution in [3.63, 3.8) is 0 Å². The van der Waals surface area contributed by atoms with E-state index in [0.717, 1.165) is 37.3 Å². The van der Waals surface area contributed by atoms with Gasteiger partial charge in [0.2, 0.25) is 0 Å². The average molecular weight is 357 g/mol. The van der Waals surface area contributed by atoms with E-state index in [1.165, 1.54) is 0 Å². The summed E-state index contributed by atoms with van der Waals surface area (Å²) in [5.74, 6) is 1.31. The van der Waals surface area contributed by atoms with Gasteiger partial charge in [-0.05, 0) is 51.7 Å². The van der Waals surface area contributed by atoms with Crippen molar-refractivity contribution in [2.75, 3.05) is 31.6 Å². The molecule has 0 bridgehead atoms. The normalized spacial score (nSPS) is 18.0. The fraction of sp³-hybridized carbons (Fsp3) is 0.579. The highest BCUT2D eigenvalue weighted by atomic mass is 16.6. The van der Waals surface area contributed by atoms with E-state index in [1.54, 1.807) is 24.3 Å². The Balaban J connectivity index is 1.64. The van der Waals surface area contributed by atoms with Gasteiger partial charge in [-0.1, -0.05) is 0 Å². The number of nitrogens with zero attached hydrogens (tertiary/aromatic N) is 5. The van der Waals surface area contributed by atoms with Crippen molar-refractivity contribution >= 4 is 23.1 Å². The van der Waals surface area contributed by atoms with E-state index in [2.05, 4.69) is 19.9 Å². The fourth-order valence-corrected chi connectivity index (χ4v) is 3.24. The Hall–Kier alpha value is -2.44. The van der Waals surface area contributed by atoms with Crippen LogP contribution >= 0.6 is 0 Å². The molecule has 0 spiro atoms. The van der Waals surface area contributed by atoms with Gasteiger partial charge in [-0.3, -0.25) is 4.98 Å². The molecular formula is C19H27N5O2. The van der Waals surface area contributed by atoms with Crippen LogP contribution < -0.4 is 4.90 Å². The third-order valence-electron chi connectivity index (χ3n) is 4.40. The zero-order valence-electron chi connectivity index (χ0n) is 16.0. The average Bonchev–Trinajstić information content (AvgIpc) is 2.60. The summed E-state index contributed by atoms with van der Waals surface area (Å²) < 4.78 is 5.45. The molecule has 1 saturated heterocycles. The number of aromatic nitrogens is 3. The Labute approximate surface area is 154 Å². The molecule has 3 rings (SSSR count). The number of amides is 1. The van der Waals surface area contributed by atoms with Crippen LogP contribution in [0, 0.1) is 5.92 Å². The molecular weight excluding hydrogens is 330 g/mol. The van der Waals surface area contributed by atoms with Crippen LogP contribution in [-0.4, -0.2) is 58.2 Å². The Morgan fingerprint density at radius 3 is 2.85 bits per heavy atom. The van der Waals surface area contributed by atoms with Crippen LogP contribution in [0.1, 0.15) is 33.6 Å². The van der Waals surface area contributed by atoms with Gasteiger partial charge in [0.05, 0.1) is 0 Å². The maximum absolute atomic E-state index is 12.2. The van der Waals surface area contributed by atoms with Crippen molar-refractivity contribution in [3.05, 3.63) is 24.5 Å². The van der Waals surface area contributed by atoms with Crippen molar-refractivity contribution in [1.29, 1.82) is 0 Å². The zero-order valence-corrected chi connectivity index (χ0v) is 16.0. The second-order valence-electron chi connectivity index (χ2n) is 7.88. The number of hydrogen-bond acceptors (Lipinski definition) is 6. The smallest absolute Gasteiger partial charge is 0.410 e. The maximum Gasteiger partial charge on any atom is 0.410 e. The Bertz CT molecular complexity index is 774. The summed E-state index contributed by atoms with van der Waals surface area (Å²) >= 11 is 0. The van der Waals surface area contributed by atoms with Crippen molar-refractivity contribution in [1.82, 2.24) is 19.9 Å². The lowest BCUT2D eigenvalue weighted by Gasteiger charge is -2.35. The first-order valence-electron chi connectivity index (χ1n) is 9.09. The number of fused-ring (bicyclic) bond motifs is 1. The van der Waals surface area contributed by atoms with Crippen LogP contribution in [0.3, 0.4) is 0 Å². The molecule has 1 atom stereocenters. The van der Waals surface area contributed by atoms with Gasteiger partial charge in [0.1, 0.15) is 16.9 Å². The number of rotatable bonds is 3. The van der Waals surface area contributed by atoms with Crippen LogP contribution in [-0.2, 0) is 4.74 Å². The summed E-state index contributed by atoms with van der Waals surface area (Å²) in [6, 6.07) is 3.96. The van der Waals surface area contributed by atoms with Crippen LogP contribution in [0.4, 0.5) is 10.6 Å². The number of anilines is 1. The van der Waals surface area contributed by atoms with E-state index < -0.39 is 5.60 Å². The molecule has 3 heterocycles. The van der Waals surface area contributed by atoms with E-state index >= 15 is 0 Å². The molecule has 0 N–H and O–H groups in total. The van der Waals surface area contributed by atoms with Gasteiger partial charge in [0.25, 0.3) is 0 Å². The molecule has 26 heavy (non-hydrogen) atoms. The van der Waals surface area contributed by atoms with Gasteiger partial charge in [0, 0.05) is 39.1 Å². The van der Waals surface area contributed by atoms with E-state index in [4.69, 9.17) is 4.74 Å². The molecule has 0 radical (unpaired) electrons. The lowest BCUT2D eigenvalue weighted by atomic mass is 9.97. The van der Waals surface area contributed by atoms with Crippen molar-refractivity contribution in [3.8, 4) is 0 Å². The largest absolute Gasteiger partial charge is 0.444 e. The van der Waals surface area contributed by atoms with E-state index in [0.29, 0.717) is 18.1 Å². The summed E-state index contributed by atoms with van der Waals surface area (Å²) in [4.78, 5) is 29.3. The van der Waals surface area contributed by atoms with Crippen molar-refractivity contribution in [2.45, 2.75) is 39.2 Å². The second-order valence-corrected chi connectivity index (χ2v) is 7.88. The lowest BCUT2D eigenvalue weighted by Crippen LogP contribution is -2.43. The number of carbonyl (C=O) groups is 1. The van der Waals surface area contributed by atoms with E-state index in [9.17, 15) is 4.79 Å². The van der Waals surface area contributed by atoms with Crippen LogP contribution in [0.5, 0.6) is 0 Å². The van der Waals surface area contributed by atoms with Gasteiger partial charge < -0.3 is 14.5 Å². The quantitative estimate of drug-likeness (QED) is 0.840. The minimum atomic E-state index is -0.472. The van der Waals surface area contributed by atoms with Gasteiger partial charge in [0.15, 0.2) is 5.65 Å². The number of hydrogen-bond donors (Lipinski definition) is 0. The minimum absolute atomic E-state index is 0.270. The Morgan fingerprint density at radius 2 is 2.08 bits per heavy atom. The molecule has 1 fully saturated rings. The maximum atomic E-state index is 12.2. The highest BCUT2D eigenvalue weighted by molar-refractivity contribution is 5.71. The van der Waals surface area contributed by atoms with Gasteiger partial charge >= 0.3 is 6.09 Å². The lowest BCUT2D eigenvalue weighted by molar-refractivity contribution is 0.0269. The molecule has 2 aromatic heterocycles. The molecule has 7 nitrogen and oxygen atoms in total. The number of pyridine rings is 1. The molecule has 1 aliphatic heterocycles. The molecule has 140 valence electrons. The van der Waals surface area contributed by atoms with Crippen LogP contribution in [0.25, 0.3) is 11.2 Å². The molecule has 0 saturated carbocycles. The molecule has 1 aliphatic rings. The summed E-state index contributed by atoms with van der Waals surface area (Å²) in [6.45, 7) is 8.16. The van der Waals surface area contributed by atoms with E-state index in [-0.39, 0.29) is 6.09 Å².